The van der Waals surface area contributed by atoms with Gasteiger partial charge in [0.2, 0.25) is 0 Å². The maximum atomic E-state index is 12.6. The van der Waals surface area contributed by atoms with Crippen LogP contribution in [0.2, 0.25) is 0 Å². The summed E-state index contributed by atoms with van der Waals surface area (Å²) in [5.74, 6) is 0.633. The molecular formula is C15H23N3O3. The standard InChI is InChI=1S/C15H23N3O3/c1-10-14(11(2)21-16-10)15(20)17-6-3-12(4-7-17)18-8-5-13(19)9-18/h12-13,19H,3-9H2,1-2H3/t13-/m0/s1. The molecule has 2 fully saturated rings. The van der Waals surface area contributed by atoms with E-state index in [1.165, 1.54) is 0 Å². The number of carbonyl (C=O) groups is 1. The topological polar surface area (TPSA) is 69.8 Å². The van der Waals surface area contributed by atoms with Crippen molar-refractivity contribution in [3.63, 3.8) is 0 Å². The van der Waals surface area contributed by atoms with Gasteiger partial charge in [-0.15, -0.1) is 0 Å². The zero-order valence-electron chi connectivity index (χ0n) is 12.7. The molecule has 0 aromatic carbocycles. The number of hydrogen-bond donors (Lipinski definition) is 1. The second-order valence-electron chi connectivity index (χ2n) is 6.16. The second kappa shape index (κ2) is 5.77. The number of amides is 1. The number of aryl methyl sites for hydroxylation is 2. The van der Waals surface area contributed by atoms with Crippen LogP contribution in [0.5, 0.6) is 0 Å². The SMILES string of the molecule is Cc1noc(C)c1C(=O)N1CCC(N2CC[C@H](O)C2)CC1. The summed E-state index contributed by atoms with van der Waals surface area (Å²) in [6.07, 6.45) is 2.65. The van der Waals surface area contributed by atoms with Crippen LogP contribution in [0.1, 0.15) is 41.1 Å². The van der Waals surface area contributed by atoms with E-state index in [4.69, 9.17) is 4.52 Å². The normalized spacial score (nSPS) is 24.7. The van der Waals surface area contributed by atoms with Crippen LogP contribution >= 0.6 is 0 Å². The molecule has 6 nitrogen and oxygen atoms in total. The maximum absolute atomic E-state index is 12.6. The summed E-state index contributed by atoms with van der Waals surface area (Å²) in [6.45, 7) is 6.88. The lowest BCUT2D eigenvalue weighted by molar-refractivity contribution is 0.0625. The molecule has 1 amide bonds. The van der Waals surface area contributed by atoms with Gasteiger partial charge in [-0.3, -0.25) is 9.69 Å². The van der Waals surface area contributed by atoms with Crippen LogP contribution in [0.4, 0.5) is 0 Å². The molecule has 0 unspecified atom stereocenters. The molecule has 0 saturated carbocycles. The number of hydrogen-bond acceptors (Lipinski definition) is 5. The summed E-state index contributed by atoms with van der Waals surface area (Å²) in [5, 5.41) is 13.5. The molecule has 3 rings (SSSR count). The molecule has 116 valence electrons. The predicted octanol–water partition coefficient (Wildman–Crippen LogP) is 0.963. The first kappa shape index (κ1) is 14.5. The first-order valence-corrected chi connectivity index (χ1v) is 7.70. The first-order valence-electron chi connectivity index (χ1n) is 7.70. The van der Waals surface area contributed by atoms with Crippen molar-refractivity contribution in [2.45, 2.75) is 45.3 Å². The fraction of sp³-hybridized carbons (Fsp3) is 0.733. The molecule has 21 heavy (non-hydrogen) atoms. The number of aliphatic hydroxyl groups excluding tert-OH is 1. The van der Waals surface area contributed by atoms with E-state index in [0.717, 1.165) is 45.4 Å². The Hall–Kier alpha value is -1.40. The number of carbonyl (C=O) groups excluding carboxylic acids is 1. The number of aromatic nitrogens is 1. The smallest absolute Gasteiger partial charge is 0.259 e. The van der Waals surface area contributed by atoms with Gasteiger partial charge in [-0.2, -0.15) is 0 Å². The summed E-state index contributed by atoms with van der Waals surface area (Å²) in [6, 6.07) is 0.496. The molecule has 2 aliphatic rings. The van der Waals surface area contributed by atoms with Crippen molar-refractivity contribution < 1.29 is 14.4 Å². The van der Waals surface area contributed by atoms with Gasteiger partial charge in [0, 0.05) is 32.2 Å². The van der Waals surface area contributed by atoms with Crippen LogP contribution in [0, 0.1) is 13.8 Å². The Bertz CT molecular complexity index is 501. The first-order chi connectivity index (χ1) is 10.1. The third-order valence-electron chi connectivity index (χ3n) is 4.71. The van der Waals surface area contributed by atoms with Crippen LogP contribution in [-0.4, -0.2) is 64.3 Å². The molecule has 1 aromatic heterocycles. The number of β-amino-alcohol motifs (C(OH)–C–C–N with tert-alkyl or cyclic N) is 1. The van der Waals surface area contributed by atoms with Crippen molar-refractivity contribution in [2.75, 3.05) is 26.2 Å². The van der Waals surface area contributed by atoms with E-state index >= 15 is 0 Å². The molecule has 2 saturated heterocycles. The molecule has 1 aromatic rings. The van der Waals surface area contributed by atoms with Crippen molar-refractivity contribution in [3.8, 4) is 0 Å². The summed E-state index contributed by atoms with van der Waals surface area (Å²) < 4.78 is 5.09. The lowest BCUT2D eigenvalue weighted by Gasteiger charge is -2.36. The van der Waals surface area contributed by atoms with Crippen molar-refractivity contribution in [3.05, 3.63) is 17.0 Å². The largest absolute Gasteiger partial charge is 0.392 e. The Labute approximate surface area is 124 Å². The van der Waals surface area contributed by atoms with Gasteiger partial charge >= 0.3 is 0 Å². The van der Waals surface area contributed by atoms with Crippen LogP contribution in [0.15, 0.2) is 4.52 Å². The van der Waals surface area contributed by atoms with Gasteiger partial charge in [0.25, 0.3) is 5.91 Å². The zero-order valence-corrected chi connectivity index (χ0v) is 12.7. The third-order valence-corrected chi connectivity index (χ3v) is 4.71. The quantitative estimate of drug-likeness (QED) is 0.879. The van der Waals surface area contributed by atoms with Crippen LogP contribution in [-0.2, 0) is 0 Å². The highest BCUT2D eigenvalue weighted by atomic mass is 16.5. The molecule has 6 heteroatoms. The van der Waals surface area contributed by atoms with Crippen molar-refractivity contribution in [1.82, 2.24) is 15.0 Å². The van der Waals surface area contributed by atoms with E-state index < -0.39 is 0 Å². The number of piperidine rings is 1. The van der Waals surface area contributed by atoms with Crippen molar-refractivity contribution in [2.24, 2.45) is 0 Å². The van der Waals surface area contributed by atoms with Crippen LogP contribution in [0.3, 0.4) is 0 Å². The van der Waals surface area contributed by atoms with E-state index in [-0.39, 0.29) is 12.0 Å². The Morgan fingerprint density at radius 3 is 2.48 bits per heavy atom. The van der Waals surface area contributed by atoms with E-state index in [9.17, 15) is 9.90 Å². The fourth-order valence-corrected chi connectivity index (χ4v) is 3.48. The van der Waals surface area contributed by atoms with Crippen molar-refractivity contribution >= 4 is 5.91 Å². The molecule has 0 aliphatic carbocycles. The Kier molecular flexibility index (Phi) is 3.99. The van der Waals surface area contributed by atoms with E-state index in [2.05, 4.69) is 10.1 Å². The predicted molar refractivity (Wildman–Crippen MR) is 77.1 cm³/mol. The molecule has 2 aliphatic heterocycles. The highest BCUT2D eigenvalue weighted by Crippen LogP contribution is 2.23. The van der Waals surface area contributed by atoms with Crippen molar-refractivity contribution in [1.29, 1.82) is 0 Å². The third kappa shape index (κ3) is 2.82. The number of likely N-dealkylation sites (tertiary alicyclic amines) is 2. The number of rotatable bonds is 2. The average Bonchev–Trinajstić information content (AvgIpc) is 3.05. The van der Waals surface area contributed by atoms with E-state index in [1.807, 2.05) is 11.8 Å². The zero-order chi connectivity index (χ0) is 15.0. The minimum Gasteiger partial charge on any atom is -0.392 e. The minimum absolute atomic E-state index is 0.0335. The highest BCUT2D eigenvalue weighted by molar-refractivity contribution is 5.96. The molecule has 0 radical (unpaired) electrons. The average molecular weight is 293 g/mol. The van der Waals surface area contributed by atoms with Gasteiger partial charge in [0.15, 0.2) is 0 Å². The molecule has 1 N–H and O–H groups in total. The Morgan fingerprint density at radius 1 is 1.24 bits per heavy atom. The maximum Gasteiger partial charge on any atom is 0.259 e. The Balaban J connectivity index is 1.60. The van der Waals surface area contributed by atoms with Gasteiger partial charge in [-0.1, -0.05) is 5.16 Å². The number of nitrogens with zero attached hydrogens (tertiary/aromatic N) is 3. The van der Waals surface area contributed by atoms with Gasteiger partial charge in [0.05, 0.1) is 11.8 Å². The van der Waals surface area contributed by atoms with E-state index in [1.54, 1.807) is 6.92 Å². The van der Waals surface area contributed by atoms with Gasteiger partial charge < -0.3 is 14.5 Å². The monoisotopic (exact) mass is 293 g/mol. The minimum atomic E-state index is -0.174. The van der Waals surface area contributed by atoms with Gasteiger partial charge in [-0.05, 0) is 33.1 Å². The fourth-order valence-electron chi connectivity index (χ4n) is 3.48. The molecule has 0 bridgehead atoms. The highest BCUT2D eigenvalue weighted by Gasteiger charge is 2.32. The second-order valence-corrected chi connectivity index (χ2v) is 6.16. The lowest BCUT2D eigenvalue weighted by atomic mass is 10.0. The summed E-state index contributed by atoms with van der Waals surface area (Å²) in [5.41, 5.74) is 1.28. The van der Waals surface area contributed by atoms with Gasteiger partial charge in [-0.25, -0.2) is 0 Å². The molecular weight excluding hydrogens is 270 g/mol. The Morgan fingerprint density at radius 2 is 1.95 bits per heavy atom. The van der Waals surface area contributed by atoms with E-state index in [0.29, 0.717) is 23.1 Å². The summed E-state index contributed by atoms with van der Waals surface area (Å²) >= 11 is 0. The number of aliphatic hydroxyl groups is 1. The van der Waals surface area contributed by atoms with Crippen LogP contribution in [0.25, 0.3) is 0 Å². The molecule has 3 heterocycles. The van der Waals surface area contributed by atoms with Gasteiger partial charge in [0.1, 0.15) is 11.3 Å². The summed E-state index contributed by atoms with van der Waals surface area (Å²) in [4.78, 5) is 16.8. The lowest BCUT2D eigenvalue weighted by Crippen LogP contribution is -2.46. The van der Waals surface area contributed by atoms with Crippen LogP contribution < -0.4 is 0 Å². The molecule has 0 spiro atoms. The summed E-state index contributed by atoms with van der Waals surface area (Å²) in [7, 11) is 0. The molecule has 1 atom stereocenters.